The summed E-state index contributed by atoms with van der Waals surface area (Å²) in [5.74, 6) is 0.685. The van der Waals surface area contributed by atoms with Gasteiger partial charge in [-0.15, -0.1) is 0 Å². The number of nitro benzene ring substituents is 1. The van der Waals surface area contributed by atoms with E-state index >= 15 is 0 Å². The SMILES string of the molecule is CN=C(NCCCOC(C)c1ccccc1)NCc1ccc([N+](=O)[O-])cc1. The summed E-state index contributed by atoms with van der Waals surface area (Å²) in [6.45, 7) is 3.98. The maximum absolute atomic E-state index is 10.7. The third-order valence-corrected chi connectivity index (χ3v) is 4.08. The Morgan fingerprint density at radius 1 is 1.15 bits per heavy atom. The van der Waals surface area contributed by atoms with Crippen LogP contribution < -0.4 is 10.6 Å². The van der Waals surface area contributed by atoms with Gasteiger partial charge in [0.25, 0.3) is 5.69 Å². The molecule has 0 fully saturated rings. The van der Waals surface area contributed by atoms with Crippen molar-refractivity contribution in [1.29, 1.82) is 0 Å². The summed E-state index contributed by atoms with van der Waals surface area (Å²) in [6, 6.07) is 16.6. The van der Waals surface area contributed by atoms with Crippen LogP contribution in [0.5, 0.6) is 0 Å². The quantitative estimate of drug-likeness (QED) is 0.232. The Hall–Kier alpha value is -2.93. The molecule has 0 aromatic heterocycles. The molecule has 0 saturated heterocycles. The Balaban J connectivity index is 1.64. The molecule has 0 radical (unpaired) electrons. The van der Waals surface area contributed by atoms with E-state index in [0.29, 0.717) is 19.1 Å². The second-order valence-electron chi connectivity index (χ2n) is 6.05. The smallest absolute Gasteiger partial charge is 0.269 e. The van der Waals surface area contributed by atoms with Crippen LogP contribution in [0.25, 0.3) is 0 Å². The largest absolute Gasteiger partial charge is 0.374 e. The van der Waals surface area contributed by atoms with Crippen LogP contribution in [0.3, 0.4) is 0 Å². The van der Waals surface area contributed by atoms with Crippen LogP contribution in [0.1, 0.15) is 30.6 Å². The number of non-ortho nitro benzene ring substituents is 1. The van der Waals surface area contributed by atoms with Gasteiger partial charge in [-0.2, -0.15) is 0 Å². The minimum Gasteiger partial charge on any atom is -0.374 e. The lowest BCUT2D eigenvalue weighted by atomic mass is 10.1. The minimum absolute atomic E-state index is 0.0748. The highest BCUT2D eigenvalue weighted by Crippen LogP contribution is 2.15. The summed E-state index contributed by atoms with van der Waals surface area (Å²) in [5.41, 5.74) is 2.21. The van der Waals surface area contributed by atoms with E-state index in [9.17, 15) is 10.1 Å². The molecule has 0 aliphatic carbocycles. The van der Waals surface area contributed by atoms with Gasteiger partial charge in [0, 0.05) is 38.9 Å². The molecule has 27 heavy (non-hydrogen) atoms. The normalized spacial score (nSPS) is 12.4. The number of nitrogens with zero attached hydrogens (tertiary/aromatic N) is 2. The topological polar surface area (TPSA) is 88.8 Å². The van der Waals surface area contributed by atoms with Gasteiger partial charge in [-0.25, -0.2) is 0 Å². The molecule has 2 N–H and O–H groups in total. The summed E-state index contributed by atoms with van der Waals surface area (Å²) in [5, 5.41) is 17.1. The molecule has 2 aromatic rings. The molecule has 144 valence electrons. The van der Waals surface area contributed by atoms with Crippen molar-refractivity contribution in [3.05, 3.63) is 75.8 Å². The van der Waals surface area contributed by atoms with Crippen LogP contribution in [-0.4, -0.2) is 31.1 Å². The lowest BCUT2D eigenvalue weighted by molar-refractivity contribution is -0.384. The lowest BCUT2D eigenvalue weighted by Crippen LogP contribution is -2.37. The monoisotopic (exact) mass is 370 g/mol. The van der Waals surface area contributed by atoms with Crippen molar-refractivity contribution in [1.82, 2.24) is 10.6 Å². The van der Waals surface area contributed by atoms with Crippen molar-refractivity contribution < 1.29 is 9.66 Å². The highest BCUT2D eigenvalue weighted by atomic mass is 16.6. The number of nitrogens with one attached hydrogen (secondary N) is 2. The molecule has 1 unspecified atom stereocenters. The number of ether oxygens (including phenoxy) is 1. The van der Waals surface area contributed by atoms with E-state index < -0.39 is 4.92 Å². The zero-order valence-corrected chi connectivity index (χ0v) is 15.7. The first-order valence-electron chi connectivity index (χ1n) is 8.94. The van der Waals surface area contributed by atoms with Crippen molar-refractivity contribution in [2.75, 3.05) is 20.2 Å². The first-order chi connectivity index (χ1) is 13.1. The zero-order chi connectivity index (χ0) is 19.5. The molecular weight excluding hydrogens is 344 g/mol. The van der Waals surface area contributed by atoms with Crippen LogP contribution in [0.15, 0.2) is 59.6 Å². The predicted octanol–water partition coefficient (Wildman–Crippen LogP) is 3.43. The van der Waals surface area contributed by atoms with E-state index in [1.165, 1.54) is 17.7 Å². The Labute approximate surface area is 159 Å². The summed E-state index contributed by atoms with van der Waals surface area (Å²) in [4.78, 5) is 14.4. The van der Waals surface area contributed by atoms with Crippen molar-refractivity contribution in [2.24, 2.45) is 4.99 Å². The minimum atomic E-state index is -0.404. The number of hydrogen-bond acceptors (Lipinski definition) is 4. The average Bonchev–Trinajstić information content (AvgIpc) is 2.70. The van der Waals surface area contributed by atoms with E-state index in [1.807, 2.05) is 25.1 Å². The third-order valence-electron chi connectivity index (χ3n) is 4.08. The Kier molecular flexibility index (Phi) is 8.25. The highest BCUT2D eigenvalue weighted by Gasteiger charge is 2.06. The Bertz CT molecular complexity index is 733. The maximum Gasteiger partial charge on any atom is 0.269 e. The molecule has 0 heterocycles. The van der Waals surface area contributed by atoms with Crippen LogP contribution in [0.2, 0.25) is 0 Å². The summed E-state index contributed by atoms with van der Waals surface area (Å²) >= 11 is 0. The van der Waals surface area contributed by atoms with Gasteiger partial charge in [0.15, 0.2) is 5.96 Å². The van der Waals surface area contributed by atoms with E-state index in [0.717, 1.165) is 18.5 Å². The second-order valence-corrected chi connectivity index (χ2v) is 6.05. The molecule has 0 aliphatic rings. The molecule has 0 saturated carbocycles. The van der Waals surface area contributed by atoms with Crippen molar-refractivity contribution in [2.45, 2.75) is 26.0 Å². The van der Waals surface area contributed by atoms with E-state index in [4.69, 9.17) is 4.74 Å². The van der Waals surface area contributed by atoms with Gasteiger partial charge in [0.1, 0.15) is 0 Å². The summed E-state index contributed by atoms with van der Waals surface area (Å²) in [7, 11) is 1.71. The van der Waals surface area contributed by atoms with Crippen LogP contribution in [0.4, 0.5) is 5.69 Å². The summed E-state index contributed by atoms with van der Waals surface area (Å²) < 4.78 is 5.85. The van der Waals surface area contributed by atoms with Crippen LogP contribution in [0, 0.1) is 10.1 Å². The second kappa shape index (κ2) is 10.9. The first kappa shape index (κ1) is 20.4. The molecule has 0 aliphatic heterocycles. The number of hydrogen-bond donors (Lipinski definition) is 2. The highest BCUT2D eigenvalue weighted by molar-refractivity contribution is 5.79. The van der Waals surface area contributed by atoms with Gasteiger partial charge >= 0.3 is 0 Å². The standard InChI is InChI=1S/C20H26N4O3/c1-16(18-7-4-3-5-8-18)27-14-6-13-22-20(21-2)23-15-17-9-11-19(12-10-17)24(25)26/h3-5,7-12,16H,6,13-15H2,1-2H3,(H2,21,22,23). The molecule has 7 heteroatoms. The molecule has 0 amide bonds. The fourth-order valence-electron chi connectivity index (χ4n) is 2.50. The molecule has 0 bridgehead atoms. The van der Waals surface area contributed by atoms with Gasteiger partial charge in [-0.3, -0.25) is 15.1 Å². The first-order valence-corrected chi connectivity index (χ1v) is 8.94. The van der Waals surface area contributed by atoms with Gasteiger partial charge in [0.05, 0.1) is 11.0 Å². The molecular formula is C20H26N4O3. The summed E-state index contributed by atoms with van der Waals surface area (Å²) in [6.07, 6.45) is 0.931. The Morgan fingerprint density at radius 3 is 2.48 bits per heavy atom. The average molecular weight is 370 g/mol. The zero-order valence-electron chi connectivity index (χ0n) is 15.7. The predicted molar refractivity (Wildman–Crippen MR) is 107 cm³/mol. The third kappa shape index (κ3) is 7.07. The van der Waals surface area contributed by atoms with Crippen LogP contribution >= 0.6 is 0 Å². The number of rotatable bonds is 9. The van der Waals surface area contributed by atoms with Crippen molar-refractivity contribution in [3.63, 3.8) is 0 Å². The Morgan fingerprint density at radius 2 is 1.85 bits per heavy atom. The lowest BCUT2D eigenvalue weighted by Gasteiger charge is -2.15. The van der Waals surface area contributed by atoms with Gasteiger partial charge in [-0.1, -0.05) is 42.5 Å². The maximum atomic E-state index is 10.7. The number of aliphatic imine (C=N–C) groups is 1. The van der Waals surface area contributed by atoms with E-state index in [2.05, 4.69) is 27.8 Å². The fourth-order valence-corrected chi connectivity index (χ4v) is 2.50. The van der Waals surface area contributed by atoms with E-state index in [-0.39, 0.29) is 11.8 Å². The number of guanidine groups is 1. The molecule has 2 rings (SSSR count). The molecule has 0 spiro atoms. The van der Waals surface area contributed by atoms with Crippen molar-refractivity contribution in [3.8, 4) is 0 Å². The molecule has 7 nitrogen and oxygen atoms in total. The number of benzene rings is 2. The van der Waals surface area contributed by atoms with Gasteiger partial charge < -0.3 is 15.4 Å². The van der Waals surface area contributed by atoms with Gasteiger partial charge in [-0.05, 0) is 24.5 Å². The number of nitro groups is 1. The molecule has 2 aromatic carbocycles. The van der Waals surface area contributed by atoms with E-state index in [1.54, 1.807) is 19.2 Å². The van der Waals surface area contributed by atoms with Crippen molar-refractivity contribution >= 4 is 11.6 Å². The fraction of sp³-hybridized carbons (Fsp3) is 0.350. The van der Waals surface area contributed by atoms with Gasteiger partial charge in [0.2, 0.25) is 0 Å². The van der Waals surface area contributed by atoms with Crippen LogP contribution in [-0.2, 0) is 11.3 Å². The molecule has 1 atom stereocenters.